The maximum atomic E-state index is 12.9. The Labute approximate surface area is 181 Å². The fraction of sp³-hybridized carbons (Fsp3) is 0.409. The molecule has 0 saturated heterocycles. The van der Waals surface area contributed by atoms with E-state index in [2.05, 4.69) is 16.0 Å². The topological polar surface area (TPSA) is 114 Å². The van der Waals surface area contributed by atoms with E-state index in [1.165, 1.54) is 6.21 Å². The molecule has 0 bridgehead atoms. The highest BCUT2D eigenvalue weighted by molar-refractivity contribution is 6.24. The minimum atomic E-state index is -1.21. The first-order valence-corrected chi connectivity index (χ1v) is 10.5. The number of halogens is 1. The summed E-state index contributed by atoms with van der Waals surface area (Å²) in [6.07, 6.45) is 8.04. The minimum Gasteiger partial charge on any atom is -0.385 e. The summed E-state index contributed by atoms with van der Waals surface area (Å²) in [5, 5.41) is 25.8. The summed E-state index contributed by atoms with van der Waals surface area (Å²) in [7, 11) is 0. The van der Waals surface area contributed by atoms with Crippen LogP contribution in [0.5, 0.6) is 0 Å². The van der Waals surface area contributed by atoms with Crippen molar-refractivity contribution in [2.45, 2.75) is 37.2 Å². The molecule has 2 aliphatic carbocycles. The molecule has 30 heavy (non-hydrogen) atoms. The van der Waals surface area contributed by atoms with Gasteiger partial charge in [0.25, 0.3) is 5.91 Å². The Hall–Kier alpha value is -2.64. The second-order valence-electron chi connectivity index (χ2n) is 7.57. The van der Waals surface area contributed by atoms with Crippen LogP contribution in [0.2, 0.25) is 0 Å². The number of hydrogen-bond acceptors (Lipinski definition) is 5. The summed E-state index contributed by atoms with van der Waals surface area (Å²) < 4.78 is 0. The van der Waals surface area contributed by atoms with Gasteiger partial charge in [-0.05, 0) is 43.9 Å². The van der Waals surface area contributed by atoms with Crippen molar-refractivity contribution < 1.29 is 14.7 Å². The number of allylic oxidation sites excluding steroid dienone is 2. The average Bonchev–Trinajstić information content (AvgIpc) is 3.50. The third kappa shape index (κ3) is 5.09. The van der Waals surface area contributed by atoms with E-state index in [0.29, 0.717) is 37.1 Å². The van der Waals surface area contributed by atoms with Crippen LogP contribution in [0.4, 0.5) is 11.4 Å². The van der Waals surface area contributed by atoms with Gasteiger partial charge < -0.3 is 26.5 Å². The van der Waals surface area contributed by atoms with Crippen LogP contribution in [-0.4, -0.2) is 47.2 Å². The van der Waals surface area contributed by atoms with Crippen molar-refractivity contribution in [1.82, 2.24) is 5.32 Å². The van der Waals surface area contributed by atoms with Gasteiger partial charge in [0, 0.05) is 30.6 Å². The number of amides is 2. The third-order valence-corrected chi connectivity index (χ3v) is 5.77. The van der Waals surface area contributed by atoms with E-state index in [1.807, 2.05) is 25.1 Å². The highest BCUT2D eigenvalue weighted by Crippen LogP contribution is 2.35. The van der Waals surface area contributed by atoms with Crippen LogP contribution >= 0.6 is 11.6 Å². The van der Waals surface area contributed by atoms with Crippen molar-refractivity contribution in [3.63, 3.8) is 0 Å². The molecule has 1 aromatic carbocycles. The standard InChI is InChI=1S/C22H27ClN4O3/c1-2-25-18-4-3-5-19(16(18)12-24)27-20(28)15-8-6-14(7-9-17(15)23)13-26-21(29)22(30)10-11-22/h3-7,9,12,15,17,24-25,30H,2,8,10-11,13H2,1H3,(H,26,29)(H,27,28). The number of benzene rings is 1. The molecule has 0 spiro atoms. The number of aliphatic hydroxyl groups is 1. The first kappa shape index (κ1) is 22.1. The van der Waals surface area contributed by atoms with Crippen molar-refractivity contribution in [3.05, 3.63) is 47.6 Å². The van der Waals surface area contributed by atoms with Crippen molar-refractivity contribution >= 4 is 41.0 Å². The fourth-order valence-electron chi connectivity index (χ4n) is 3.30. The lowest BCUT2D eigenvalue weighted by molar-refractivity contribution is -0.131. The van der Waals surface area contributed by atoms with Crippen molar-refractivity contribution in [2.75, 3.05) is 23.7 Å². The zero-order valence-electron chi connectivity index (χ0n) is 16.9. The molecule has 1 aromatic rings. The summed E-state index contributed by atoms with van der Waals surface area (Å²) >= 11 is 6.45. The first-order chi connectivity index (χ1) is 14.4. The van der Waals surface area contributed by atoms with E-state index in [4.69, 9.17) is 17.0 Å². The Morgan fingerprint density at radius 3 is 2.73 bits per heavy atom. The van der Waals surface area contributed by atoms with Gasteiger partial charge in [0.05, 0.1) is 17.0 Å². The Bertz CT molecular complexity index is 892. The molecule has 2 amide bonds. The van der Waals surface area contributed by atoms with E-state index in [0.717, 1.165) is 11.3 Å². The number of rotatable bonds is 8. The summed E-state index contributed by atoms with van der Waals surface area (Å²) in [4.78, 5) is 24.8. The van der Waals surface area contributed by atoms with Crippen molar-refractivity contribution in [2.24, 2.45) is 5.92 Å². The maximum absolute atomic E-state index is 12.9. The van der Waals surface area contributed by atoms with Gasteiger partial charge in [0.15, 0.2) is 0 Å². The number of alkyl halides is 1. The van der Waals surface area contributed by atoms with E-state index < -0.39 is 16.9 Å². The summed E-state index contributed by atoms with van der Waals surface area (Å²) in [6, 6.07) is 5.44. The fourth-order valence-corrected chi connectivity index (χ4v) is 3.59. The van der Waals surface area contributed by atoms with Crippen molar-refractivity contribution in [3.8, 4) is 0 Å². The molecule has 2 unspecified atom stereocenters. The molecule has 5 N–H and O–H groups in total. The van der Waals surface area contributed by atoms with Crippen LogP contribution < -0.4 is 16.0 Å². The lowest BCUT2D eigenvalue weighted by atomic mass is 10.00. The molecule has 0 heterocycles. The van der Waals surface area contributed by atoms with Crippen LogP contribution in [0.15, 0.2) is 42.0 Å². The number of hydrogen-bond donors (Lipinski definition) is 5. The van der Waals surface area contributed by atoms with Crippen LogP contribution in [0.1, 0.15) is 31.7 Å². The smallest absolute Gasteiger partial charge is 0.252 e. The Morgan fingerprint density at radius 1 is 1.33 bits per heavy atom. The van der Waals surface area contributed by atoms with Crippen LogP contribution in [-0.2, 0) is 9.59 Å². The molecule has 0 aromatic heterocycles. The molecule has 1 fully saturated rings. The Kier molecular flexibility index (Phi) is 6.95. The van der Waals surface area contributed by atoms with Gasteiger partial charge in [0.2, 0.25) is 5.91 Å². The molecule has 8 heteroatoms. The van der Waals surface area contributed by atoms with Gasteiger partial charge >= 0.3 is 0 Å². The molecule has 0 radical (unpaired) electrons. The SMILES string of the molecule is CCNc1cccc(NC(=O)C2CC=C(CNC(=O)C3(O)CC3)C=CC2Cl)c1C=N. The quantitative estimate of drug-likeness (QED) is 0.322. The van der Waals surface area contributed by atoms with Crippen LogP contribution in [0, 0.1) is 11.3 Å². The molecule has 0 aliphatic heterocycles. The van der Waals surface area contributed by atoms with Gasteiger partial charge in [-0.3, -0.25) is 9.59 Å². The van der Waals surface area contributed by atoms with Crippen LogP contribution in [0.3, 0.4) is 0 Å². The lowest BCUT2D eigenvalue weighted by Crippen LogP contribution is -2.37. The largest absolute Gasteiger partial charge is 0.385 e. The van der Waals surface area contributed by atoms with Crippen molar-refractivity contribution in [1.29, 1.82) is 5.41 Å². The van der Waals surface area contributed by atoms with Gasteiger partial charge in [-0.2, -0.15) is 0 Å². The number of carbonyl (C=O) groups excluding carboxylic acids is 2. The number of anilines is 2. The van der Waals surface area contributed by atoms with E-state index in [1.54, 1.807) is 18.2 Å². The monoisotopic (exact) mass is 430 g/mol. The molecular weight excluding hydrogens is 404 g/mol. The predicted octanol–water partition coefficient (Wildman–Crippen LogP) is 2.81. The zero-order chi connectivity index (χ0) is 21.7. The summed E-state index contributed by atoms with van der Waals surface area (Å²) in [6.45, 7) is 2.95. The minimum absolute atomic E-state index is 0.231. The highest BCUT2D eigenvalue weighted by atomic mass is 35.5. The second kappa shape index (κ2) is 9.45. The Balaban J connectivity index is 1.66. The summed E-state index contributed by atoms with van der Waals surface area (Å²) in [5.74, 6) is -1.09. The Morgan fingerprint density at radius 2 is 2.07 bits per heavy atom. The zero-order valence-corrected chi connectivity index (χ0v) is 17.6. The molecular formula is C22H27ClN4O3. The first-order valence-electron chi connectivity index (χ1n) is 10.1. The van der Waals surface area contributed by atoms with E-state index >= 15 is 0 Å². The number of nitrogens with one attached hydrogen (secondary N) is 4. The summed E-state index contributed by atoms with van der Waals surface area (Å²) in [5.41, 5.74) is 1.58. The number of carbonyl (C=O) groups is 2. The maximum Gasteiger partial charge on any atom is 0.252 e. The van der Waals surface area contributed by atoms with Gasteiger partial charge in [-0.15, -0.1) is 11.6 Å². The van der Waals surface area contributed by atoms with E-state index in [-0.39, 0.29) is 18.4 Å². The normalized spacial score (nSPS) is 21.8. The van der Waals surface area contributed by atoms with Gasteiger partial charge in [0.1, 0.15) is 5.60 Å². The lowest BCUT2D eigenvalue weighted by Gasteiger charge is -2.19. The third-order valence-electron chi connectivity index (χ3n) is 5.32. The molecule has 1 saturated carbocycles. The molecule has 7 nitrogen and oxygen atoms in total. The molecule has 160 valence electrons. The molecule has 2 aliphatic rings. The average molecular weight is 431 g/mol. The second-order valence-corrected chi connectivity index (χ2v) is 8.07. The predicted molar refractivity (Wildman–Crippen MR) is 119 cm³/mol. The van der Waals surface area contributed by atoms with Gasteiger partial charge in [-0.1, -0.05) is 24.3 Å². The van der Waals surface area contributed by atoms with E-state index in [9.17, 15) is 14.7 Å². The molecule has 3 rings (SSSR count). The highest BCUT2D eigenvalue weighted by Gasteiger charge is 2.47. The molecule has 2 atom stereocenters. The van der Waals surface area contributed by atoms with Crippen LogP contribution in [0.25, 0.3) is 0 Å². The van der Waals surface area contributed by atoms with Gasteiger partial charge in [-0.25, -0.2) is 0 Å².